The van der Waals surface area contributed by atoms with Crippen LogP contribution in [0.1, 0.15) is 62.0 Å². The van der Waals surface area contributed by atoms with Crippen LogP contribution in [0.15, 0.2) is 42.7 Å². The highest BCUT2D eigenvalue weighted by Gasteiger charge is 2.32. The van der Waals surface area contributed by atoms with Crippen LogP contribution in [0.4, 0.5) is 19.3 Å². The molecule has 2 aliphatic rings. The van der Waals surface area contributed by atoms with Crippen LogP contribution in [0, 0.1) is 11.6 Å². The molecular weight excluding hydrogens is 480 g/mol. The number of aromatic nitrogens is 2. The number of benzene rings is 1. The van der Waals surface area contributed by atoms with Crippen LogP contribution in [-0.2, 0) is 4.74 Å². The minimum Gasteiger partial charge on any atom is -0.444 e. The first kappa shape index (κ1) is 25.0. The average Bonchev–Trinajstić information content (AvgIpc) is 3.58. The van der Waals surface area contributed by atoms with E-state index in [0.29, 0.717) is 49.1 Å². The lowest BCUT2D eigenvalue weighted by molar-refractivity contribution is 0.0290. The zero-order chi connectivity index (χ0) is 26.3. The van der Waals surface area contributed by atoms with Gasteiger partial charge in [-0.05, 0) is 70.4 Å². The molecular formula is C27H31F2N5O3. The van der Waals surface area contributed by atoms with Crippen molar-refractivity contribution in [3.8, 4) is 0 Å². The lowest BCUT2D eigenvalue weighted by Gasteiger charge is -2.27. The summed E-state index contributed by atoms with van der Waals surface area (Å²) in [6, 6.07) is 6.78. The van der Waals surface area contributed by atoms with Crippen LogP contribution in [-0.4, -0.2) is 57.8 Å². The molecule has 2 fully saturated rings. The molecule has 4 heterocycles. The number of nitrogens with zero attached hydrogens (tertiary/aromatic N) is 4. The van der Waals surface area contributed by atoms with E-state index in [-0.39, 0.29) is 24.1 Å². The molecule has 2 saturated heterocycles. The van der Waals surface area contributed by atoms with E-state index in [2.05, 4.69) is 10.4 Å². The first-order valence-electron chi connectivity index (χ1n) is 12.6. The van der Waals surface area contributed by atoms with Gasteiger partial charge < -0.3 is 19.9 Å². The molecule has 0 radical (unpaired) electrons. The van der Waals surface area contributed by atoms with Gasteiger partial charge in [0.05, 0.1) is 23.3 Å². The lowest BCUT2D eigenvalue weighted by atomic mass is 10.0. The van der Waals surface area contributed by atoms with E-state index >= 15 is 0 Å². The van der Waals surface area contributed by atoms with E-state index < -0.39 is 17.2 Å². The van der Waals surface area contributed by atoms with Crippen molar-refractivity contribution in [2.24, 2.45) is 0 Å². The second-order valence-electron chi connectivity index (χ2n) is 10.7. The largest absolute Gasteiger partial charge is 0.444 e. The highest BCUT2D eigenvalue weighted by atomic mass is 19.1. The van der Waals surface area contributed by atoms with Gasteiger partial charge >= 0.3 is 6.09 Å². The minimum absolute atomic E-state index is 0.197. The van der Waals surface area contributed by atoms with Crippen molar-refractivity contribution < 1.29 is 23.1 Å². The summed E-state index contributed by atoms with van der Waals surface area (Å²) >= 11 is 0. The maximum atomic E-state index is 14.5. The first-order valence-corrected chi connectivity index (χ1v) is 12.6. The van der Waals surface area contributed by atoms with Gasteiger partial charge in [-0.15, -0.1) is 0 Å². The van der Waals surface area contributed by atoms with Crippen molar-refractivity contribution in [1.29, 1.82) is 0 Å². The van der Waals surface area contributed by atoms with Crippen molar-refractivity contribution in [3.63, 3.8) is 0 Å². The van der Waals surface area contributed by atoms with Crippen molar-refractivity contribution in [2.75, 3.05) is 24.5 Å². The number of halogens is 2. The minimum atomic E-state index is -0.581. The standard InChI is InChI=1S/C27H31F2N5O3/c1-27(2,3)37-26(36)32-11-8-18(16-32)31-25(35)21-15-30-34-12-9-19(14-24(21)34)33-10-4-5-23(33)20-13-17(28)6-7-22(20)29/h6-7,9,12-15,18,23H,4-5,8,10-11,16H2,1-3H3,(H,31,35)/t18-,23+/m0/s1. The summed E-state index contributed by atoms with van der Waals surface area (Å²) in [6.45, 7) is 7.02. The summed E-state index contributed by atoms with van der Waals surface area (Å²) in [6.07, 6.45) is 5.06. The van der Waals surface area contributed by atoms with Crippen molar-refractivity contribution in [3.05, 3.63) is 65.5 Å². The third kappa shape index (κ3) is 5.23. The number of likely N-dealkylation sites (tertiary alicyclic amines) is 1. The van der Waals surface area contributed by atoms with E-state index in [4.69, 9.17) is 4.74 Å². The number of ether oxygens (including phenoxy) is 1. The van der Waals surface area contributed by atoms with Crippen LogP contribution >= 0.6 is 0 Å². The fourth-order valence-corrected chi connectivity index (χ4v) is 5.13. The van der Waals surface area contributed by atoms with Crippen LogP contribution in [0.3, 0.4) is 0 Å². The molecule has 0 spiro atoms. The quantitative estimate of drug-likeness (QED) is 0.550. The third-order valence-corrected chi connectivity index (χ3v) is 6.83. The van der Waals surface area contributed by atoms with E-state index in [1.165, 1.54) is 12.3 Å². The molecule has 3 aromatic rings. The number of nitrogens with one attached hydrogen (secondary N) is 1. The zero-order valence-corrected chi connectivity index (χ0v) is 21.2. The molecule has 0 saturated carbocycles. The Morgan fingerprint density at radius 2 is 1.92 bits per heavy atom. The molecule has 0 unspecified atom stereocenters. The summed E-state index contributed by atoms with van der Waals surface area (Å²) in [5.41, 5.74) is 1.58. The molecule has 2 atom stereocenters. The number of anilines is 1. The number of carbonyl (C=O) groups excluding carboxylic acids is 2. The molecule has 196 valence electrons. The van der Waals surface area contributed by atoms with Gasteiger partial charge in [0.1, 0.15) is 17.2 Å². The monoisotopic (exact) mass is 511 g/mol. The maximum absolute atomic E-state index is 14.5. The lowest BCUT2D eigenvalue weighted by Crippen LogP contribution is -2.40. The van der Waals surface area contributed by atoms with Crippen LogP contribution in [0.2, 0.25) is 0 Å². The normalized spacial score (nSPS) is 20.0. The maximum Gasteiger partial charge on any atom is 0.410 e. The van der Waals surface area contributed by atoms with Gasteiger partial charge in [0, 0.05) is 43.1 Å². The molecule has 37 heavy (non-hydrogen) atoms. The SMILES string of the molecule is CC(C)(C)OC(=O)N1CC[C@H](NC(=O)c2cnn3ccc(N4CCC[C@@H]4c4cc(F)ccc4F)cc23)C1. The fourth-order valence-electron chi connectivity index (χ4n) is 5.13. The Balaban J connectivity index is 1.33. The first-order chi connectivity index (χ1) is 17.6. The second kappa shape index (κ2) is 9.64. The van der Waals surface area contributed by atoms with Gasteiger partial charge in [-0.25, -0.2) is 18.1 Å². The van der Waals surface area contributed by atoms with Gasteiger partial charge in [-0.3, -0.25) is 4.79 Å². The predicted octanol–water partition coefficient (Wildman–Crippen LogP) is 4.69. The van der Waals surface area contributed by atoms with E-state index in [1.807, 2.05) is 37.8 Å². The van der Waals surface area contributed by atoms with Crippen LogP contribution in [0.5, 0.6) is 0 Å². The molecule has 2 aromatic heterocycles. The molecule has 5 rings (SSSR count). The Hall–Kier alpha value is -3.69. The Labute approximate surface area is 214 Å². The van der Waals surface area contributed by atoms with Gasteiger partial charge in [0.25, 0.3) is 5.91 Å². The summed E-state index contributed by atoms with van der Waals surface area (Å²) < 4.78 is 35.5. The van der Waals surface area contributed by atoms with Crippen LogP contribution < -0.4 is 10.2 Å². The van der Waals surface area contributed by atoms with Crippen molar-refractivity contribution in [1.82, 2.24) is 19.8 Å². The molecule has 1 aromatic carbocycles. The van der Waals surface area contributed by atoms with Gasteiger partial charge in [-0.2, -0.15) is 5.10 Å². The number of pyridine rings is 1. The Kier molecular flexibility index (Phi) is 6.51. The summed E-state index contributed by atoms with van der Waals surface area (Å²) in [4.78, 5) is 29.2. The zero-order valence-electron chi connectivity index (χ0n) is 21.2. The number of hydrogen-bond donors (Lipinski definition) is 1. The van der Waals surface area contributed by atoms with Gasteiger partial charge in [0.15, 0.2) is 0 Å². The van der Waals surface area contributed by atoms with E-state index in [9.17, 15) is 18.4 Å². The smallest absolute Gasteiger partial charge is 0.410 e. The van der Waals surface area contributed by atoms with Crippen molar-refractivity contribution in [2.45, 2.75) is 57.7 Å². The number of carbonyl (C=O) groups is 2. The number of amides is 2. The van der Waals surface area contributed by atoms with Crippen molar-refractivity contribution >= 4 is 23.2 Å². The van der Waals surface area contributed by atoms with E-state index in [1.54, 1.807) is 15.6 Å². The van der Waals surface area contributed by atoms with E-state index in [0.717, 1.165) is 24.2 Å². The summed E-state index contributed by atoms with van der Waals surface area (Å²) in [7, 11) is 0. The second-order valence-corrected chi connectivity index (χ2v) is 10.7. The molecule has 0 aliphatic carbocycles. The predicted molar refractivity (Wildman–Crippen MR) is 135 cm³/mol. The Morgan fingerprint density at radius 3 is 2.70 bits per heavy atom. The Bertz CT molecular complexity index is 1340. The molecule has 10 heteroatoms. The third-order valence-electron chi connectivity index (χ3n) is 6.83. The molecule has 0 bridgehead atoms. The molecule has 2 aliphatic heterocycles. The van der Waals surface area contributed by atoms with Crippen LogP contribution in [0.25, 0.3) is 5.52 Å². The highest BCUT2D eigenvalue weighted by Crippen LogP contribution is 2.38. The molecule has 8 nitrogen and oxygen atoms in total. The average molecular weight is 512 g/mol. The number of fused-ring (bicyclic) bond motifs is 1. The molecule has 2 amide bonds. The topological polar surface area (TPSA) is 79.2 Å². The fraction of sp³-hybridized carbons (Fsp3) is 0.444. The van der Waals surface area contributed by atoms with Gasteiger partial charge in [-0.1, -0.05) is 0 Å². The van der Waals surface area contributed by atoms with Gasteiger partial charge in [0.2, 0.25) is 0 Å². The highest BCUT2D eigenvalue weighted by molar-refractivity contribution is 6.01. The number of rotatable bonds is 4. The molecule has 1 N–H and O–H groups in total. The summed E-state index contributed by atoms with van der Waals surface area (Å²) in [5, 5.41) is 7.32. The summed E-state index contributed by atoms with van der Waals surface area (Å²) in [5.74, 6) is -1.18. The number of hydrogen-bond acceptors (Lipinski definition) is 5. The Morgan fingerprint density at radius 1 is 1.11 bits per heavy atom.